The monoisotopic (exact) mass is 208 g/mol. The van der Waals surface area contributed by atoms with Gasteiger partial charge in [-0.3, -0.25) is 5.41 Å². The highest BCUT2D eigenvalue weighted by molar-refractivity contribution is 5.85. The molecular formula is C6H13ClN4O2. The molecule has 1 rings (SSSR count). The van der Waals surface area contributed by atoms with Gasteiger partial charge in [-0.05, 0) is 0 Å². The molecular weight excluding hydrogens is 196 g/mol. The van der Waals surface area contributed by atoms with Gasteiger partial charge in [-0.2, -0.15) is 0 Å². The van der Waals surface area contributed by atoms with Crippen LogP contribution < -0.4 is 5.73 Å². The fourth-order valence-electron chi connectivity index (χ4n) is 1.14. The Hall–Kier alpha value is -1.17. The van der Waals surface area contributed by atoms with Crippen LogP contribution in [0, 0.1) is 5.41 Å². The fraction of sp³-hybridized carbons (Fsp3) is 0.667. The molecule has 1 heterocycles. The second-order valence-corrected chi connectivity index (χ2v) is 2.64. The highest BCUT2D eigenvalue weighted by Gasteiger charge is 2.20. The van der Waals surface area contributed by atoms with Crippen molar-refractivity contribution in [3.63, 3.8) is 0 Å². The maximum atomic E-state index is 10.5. The van der Waals surface area contributed by atoms with Crippen LogP contribution in [0.15, 0.2) is 0 Å². The van der Waals surface area contributed by atoms with E-state index in [0.29, 0.717) is 26.2 Å². The molecule has 1 saturated heterocycles. The average molecular weight is 209 g/mol. The molecule has 1 aliphatic heterocycles. The number of nitrogens with one attached hydrogen (secondary N) is 1. The molecule has 0 saturated carbocycles. The van der Waals surface area contributed by atoms with E-state index in [1.165, 1.54) is 4.90 Å². The van der Waals surface area contributed by atoms with Crippen molar-refractivity contribution in [2.45, 2.75) is 0 Å². The Morgan fingerprint density at radius 1 is 1.23 bits per heavy atom. The van der Waals surface area contributed by atoms with Crippen LogP contribution in [0.5, 0.6) is 0 Å². The van der Waals surface area contributed by atoms with E-state index < -0.39 is 6.09 Å². The van der Waals surface area contributed by atoms with Crippen LogP contribution in [0.4, 0.5) is 4.79 Å². The first-order valence-corrected chi connectivity index (χ1v) is 3.68. The van der Waals surface area contributed by atoms with Crippen molar-refractivity contribution in [2.75, 3.05) is 26.2 Å². The quantitative estimate of drug-likeness (QED) is 0.373. The smallest absolute Gasteiger partial charge is 0.407 e. The molecule has 0 aliphatic carbocycles. The zero-order valence-corrected chi connectivity index (χ0v) is 7.88. The maximum Gasteiger partial charge on any atom is 0.407 e. The van der Waals surface area contributed by atoms with E-state index in [1.807, 2.05) is 0 Å². The van der Waals surface area contributed by atoms with Crippen LogP contribution >= 0.6 is 12.4 Å². The molecule has 0 bridgehead atoms. The fourth-order valence-corrected chi connectivity index (χ4v) is 1.14. The van der Waals surface area contributed by atoms with Crippen molar-refractivity contribution < 1.29 is 9.90 Å². The van der Waals surface area contributed by atoms with Crippen molar-refractivity contribution in [2.24, 2.45) is 5.73 Å². The first kappa shape index (κ1) is 11.8. The van der Waals surface area contributed by atoms with Crippen LogP contribution in [-0.2, 0) is 0 Å². The van der Waals surface area contributed by atoms with Crippen molar-refractivity contribution >= 4 is 24.5 Å². The molecule has 7 heteroatoms. The van der Waals surface area contributed by atoms with Gasteiger partial charge in [0.1, 0.15) is 0 Å². The summed E-state index contributed by atoms with van der Waals surface area (Å²) in [6.07, 6.45) is -0.904. The standard InChI is InChI=1S/C6H12N4O2.ClH/c7-5(8)9-1-3-10(4-2-9)6(11)12;/h1-4H2,(H3,7,8)(H,11,12);1H. The number of guanidine groups is 1. The van der Waals surface area contributed by atoms with E-state index in [2.05, 4.69) is 0 Å². The average Bonchev–Trinajstić information content (AvgIpc) is 2.04. The normalized spacial score (nSPS) is 16.3. The lowest BCUT2D eigenvalue weighted by Gasteiger charge is -2.33. The van der Waals surface area contributed by atoms with E-state index in [9.17, 15) is 4.79 Å². The molecule has 1 aliphatic rings. The number of nitrogens with two attached hydrogens (primary N) is 1. The Labute approximate surface area is 82.2 Å². The van der Waals surface area contributed by atoms with Gasteiger partial charge in [-0.1, -0.05) is 0 Å². The summed E-state index contributed by atoms with van der Waals surface area (Å²) in [7, 11) is 0. The summed E-state index contributed by atoms with van der Waals surface area (Å²) in [5, 5.41) is 15.7. The van der Waals surface area contributed by atoms with E-state index in [1.54, 1.807) is 4.90 Å². The Morgan fingerprint density at radius 2 is 1.62 bits per heavy atom. The van der Waals surface area contributed by atoms with Crippen LogP contribution in [0.25, 0.3) is 0 Å². The molecule has 13 heavy (non-hydrogen) atoms. The number of hydrogen-bond donors (Lipinski definition) is 3. The molecule has 6 nitrogen and oxygen atoms in total. The number of nitrogens with zero attached hydrogens (tertiary/aromatic N) is 2. The molecule has 1 amide bonds. The maximum absolute atomic E-state index is 10.5. The van der Waals surface area contributed by atoms with Gasteiger partial charge in [0.15, 0.2) is 5.96 Å². The first-order valence-electron chi connectivity index (χ1n) is 3.68. The van der Waals surface area contributed by atoms with Crippen LogP contribution in [-0.4, -0.2) is 53.1 Å². The van der Waals surface area contributed by atoms with Crippen LogP contribution in [0.1, 0.15) is 0 Å². The molecule has 76 valence electrons. The largest absolute Gasteiger partial charge is 0.465 e. The zero-order valence-electron chi connectivity index (χ0n) is 7.06. The minimum Gasteiger partial charge on any atom is -0.465 e. The van der Waals surface area contributed by atoms with Crippen LogP contribution in [0.3, 0.4) is 0 Å². The second-order valence-electron chi connectivity index (χ2n) is 2.64. The Bertz CT molecular complexity index is 181. The molecule has 0 aromatic rings. The van der Waals surface area contributed by atoms with Gasteiger partial charge < -0.3 is 20.6 Å². The summed E-state index contributed by atoms with van der Waals surface area (Å²) in [4.78, 5) is 13.4. The van der Waals surface area contributed by atoms with Crippen molar-refractivity contribution in [1.82, 2.24) is 9.80 Å². The minimum absolute atomic E-state index is 0. The topological polar surface area (TPSA) is 93.7 Å². The molecule has 0 radical (unpaired) electrons. The van der Waals surface area contributed by atoms with Gasteiger partial charge >= 0.3 is 6.09 Å². The lowest BCUT2D eigenvalue weighted by molar-refractivity contribution is 0.124. The third kappa shape index (κ3) is 2.98. The molecule has 0 spiro atoms. The SMILES string of the molecule is Cl.N=C(N)N1CCN(C(=O)O)CC1. The minimum atomic E-state index is -0.904. The molecule has 1 fully saturated rings. The molecule has 0 aromatic heterocycles. The highest BCUT2D eigenvalue weighted by Crippen LogP contribution is 2.00. The second kappa shape index (κ2) is 4.76. The molecule has 0 aromatic carbocycles. The number of piperazine rings is 1. The number of rotatable bonds is 0. The van der Waals surface area contributed by atoms with Gasteiger partial charge in [0, 0.05) is 26.2 Å². The third-order valence-electron chi connectivity index (χ3n) is 1.89. The first-order chi connectivity index (χ1) is 5.61. The lowest BCUT2D eigenvalue weighted by Crippen LogP contribution is -2.52. The highest BCUT2D eigenvalue weighted by atomic mass is 35.5. The van der Waals surface area contributed by atoms with E-state index >= 15 is 0 Å². The van der Waals surface area contributed by atoms with Crippen molar-refractivity contribution in [3.8, 4) is 0 Å². The summed E-state index contributed by atoms with van der Waals surface area (Å²) in [6, 6.07) is 0. The number of carbonyl (C=O) groups is 1. The number of hydrogen-bond acceptors (Lipinski definition) is 2. The number of halogens is 1. The van der Waals surface area contributed by atoms with Crippen LogP contribution in [0.2, 0.25) is 0 Å². The number of carboxylic acid groups (broad SMARTS) is 1. The lowest BCUT2D eigenvalue weighted by atomic mass is 10.3. The van der Waals surface area contributed by atoms with Crippen molar-refractivity contribution in [1.29, 1.82) is 5.41 Å². The van der Waals surface area contributed by atoms with Gasteiger partial charge in [-0.15, -0.1) is 12.4 Å². The third-order valence-corrected chi connectivity index (χ3v) is 1.89. The summed E-state index contributed by atoms with van der Waals surface area (Å²) in [5.41, 5.74) is 5.23. The predicted octanol–water partition coefficient (Wildman–Crippen LogP) is -0.403. The van der Waals surface area contributed by atoms with Gasteiger partial charge in [0.05, 0.1) is 0 Å². The Kier molecular flexibility index (Phi) is 4.33. The summed E-state index contributed by atoms with van der Waals surface area (Å²) >= 11 is 0. The predicted molar refractivity (Wildman–Crippen MR) is 50.3 cm³/mol. The van der Waals surface area contributed by atoms with E-state index in [0.717, 1.165) is 0 Å². The summed E-state index contributed by atoms with van der Waals surface area (Å²) in [6.45, 7) is 1.88. The van der Waals surface area contributed by atoms with Crippen molar-refractivity contribution in [3.05, 3.63) is 0 Å². The van der Waals surface area contributed by atoms with E-state index in [4.69, 9.17) is 16.2 Å². The molecule has 0 unspecified atom stereocenters. The van der Waals surface area contributed by atoms with Gasteiger partial charge in [-0.25, -0.2) is 4.79 Å². The van der Waals surface area contributed by atoms with Gasteiger partial charge in [0.2, 0.25) is 0 Å². The van der Waals surface area contributed by atoms with E-state index in [-0.39, 0.29) is 18.4 Å². The molecule has 0 atom stereocenters. The Balaban J connectivity index is 0.00000144. The summed E-state index contributed by atoms with van der Waals surface area (Å²) < 4.78 is 0. The number of amides is 1. The zero-order chi connectivity index (χ0) is 9.14. The molecule has 4 N–H and O–H groups in total. The Morgan fingerprint density at radius 3 is 1.92 bits per heavy atom. The van der Waals surface area contributed by atoms with Gasteiger partial charge in [0.25, 0.3) is 0 Å². The summed E-state index contributed by atoms with van der Waals surface area (Å²) in [5.74, 6) is 0.0139.